The summed E-state index contributed by atoms with van der Waals surface area (Å²) in [5.74, 6) is 0.968. The van der Waals surface area contributed by atoms with Crippen LogP contribution in [0.15, 0.2) is 16.3 Å². The van der Waals surface area contributed by atoms with Gasteiger partial charge in [0.1, 0.15) is 0 Å². The minimum atomic E-state index is -3.36. The lowest BCUT2D eigenvalue weighted by molar-refractivity contribution is 0.382. The predicted molar refractivity (Wildman–Crippen MR) is 84.5 cm³/mol. The van der Waals surface area contributed by atoms with Crippen LogP contribution in [-0.4, -0.2) is 44.9 Å². The highest BCUT2D eigenvalue weighted by molar-refractivity contribution is 7.98. The van der Waals surface area contributed by atoms with E-state index in [1.807, 2.05) is 20.2 Å². The van der Waals surface area contributed by atoms with Crippen LogP contribution >= 0.6 is 23.1 Å². The van der Waals surface area contributed by atoms with Crippen LogP contribution in [0.3, 0.4) is 0 Å². The van der Waals surface area contributed by atoms with Crippen molar-refractivity contribution in [2.45, 2.75) is 30.8 Å². The molecule has 4 nitrogen and oxygen atoms in total. The molecule has 0 aromatic carbocycles. The average molecular weight is 323 g/mol. The number of thiophene rings is 1. The predicted octanol–water partition coefficient (Wildman–Crippen LogP) is 2.23. The minimum absolute atomic E-state index is 0.0186. The van der Waals surface area contributed by atoms with Gasteiger partial charge >= 0.3 is 0 Å². The molecule has 0 saturated heterocycles. The van der Waals surface area contributed by atoms with E-state index >= 15 is 0 Å². The van der Waals surface area contributed by atoms with Crippen LogP contribution in [0.5, 0.6) is 0 Å². The van der Waals surface area contributed by atoms with E-state index in [9.17, 15) is 8.42 Å². The molecule has 7 heteroatoms. The number of nitrogens with zero attached hydrogens (tertiary/aromatic N) is 1. The number of sulfonamides is 1. The van der Waals surface area contributed by atoms with E-state index < -0.39 is 10.0 Å². The molecule has 1 aromatic rings. The Labute approximate surface area is 124 Å². The second kappa shape index (κ2) is 7.64. The van der Waals surface area contributed by atoms with E-state index in [0.29, 0.717) is 11.4 Å². The van der Waals surface area contributed by atoms with Gasteiger partial charge in [-0.1, -0.05) is 0 Å². The second-order valence-electron chi connectivity index (χ2n) is 4.43. The molecule has 1 rings (SSSR count). The fraction of sp³-hybridized carbons (Fsp3) is 0.667. The Hall–Kier alpha value is -0.0800. The van der Waals surface area contributed by atoms with Gasteiger partial charge in [-0.25, -0.2) is 8.42 Å². The van der Waals surface area contributed by atoms with Gasteiger partial charge in [-0.15, -0.1) is 11.3 Å². The van der Waals surface area contributed by atoms with Crippen molar-refractivity contribution in [3.63, 3.8) is 0 Å². The molecule has 110 valence electrons. The van der Waals surface area contributed by atoms with Gasteiger partial charge < -0.3 is 5.32 Å². The van der Waals surface area contributed by atoms with Crippen molar-refractivity contribution in [3.8, 4) is 0 Å². The Balaban J connectivity index is 2.83. The highest BCUT2D eigenvalue weighted by Gasteiger charge is 2.26. The van der Waals surface area contributed by atoms with Gasteiger partial charge in [0.05, 0.1) is 4.90 Å². The lowest BCUT2D eigenvalue weighted by Crippen LogP contribution is -2.35. The molecule has 1 heterocycles. The van der Waals surface area contributed by atoms with Gasteiger partial charge in [0.25, 0.3) is 0 Å². The van der Waals surface area contributed by atoms with Crippen LogP contribution in [-0.2, 0) is 16.6 Å². The van der Waals surface area contributed by atoms with Crippen LogP contribution in [0.25, 0.3) is 0 Å². The summed E-state index contributed by atoms with van der Waals surface area (Å²) in [6.07, 6.45) is 2.90. The van der Waals surface area contributed by atoms with Crippen LogP contribution in [0.1, 0.15) is 18.2 Å². The van der Waals surface area contributed by atoms with Crippen molar-refractivity contribution in [2.24, 2.45) is 0 Å². The van der Waals surface area contributed by atoms with Gasteiger partial charge in [-0.3, -0.25) is 0 Å². The molecule has 19 heavy (non-hydrogen) atoms. The summed E-state index contributed by atoms with van der Waals surface area (Å²) in [7, 11) is 0.155. The van der Waals surface area contributed by atoms with Gasteiger partial charge in [-0.05, 0) is 38.5 Å². The fourth-order valence-corrected chi connectivity index (χ4v) is 4.88. The molecule has 0 bridgehead atoms. The van der Waals surface area contributed by atoms with E-state index in [1.54, 1.807) is 30.3 Å². The minimum Gasteiger partial charge on any atom is -0.315 e. The number of hydrogen-bond donors (Lipinski definition) is 1. The first kappa shape index (κ1) is 17.0. The summed E-state index contributed by atoms with van der Waals surface area (Å²) < 4.78 is 26.4. The van der Waals surface area contributed by atoms with Crippen molar-refractivity contribution in [3.05, 3.63) is 16.3 Å². The molecule has 1 unspecified atom stereocenters. The normalized spacial score (nSPS) is 13.9. The standard InChI is InChI=1S/C12H22N2O2S3/c1-10(5-6-17-4)14(3)19(15,16)12-7-11(8-13-2)18-9-12/h7,9-10,13H,5-6,8H2,1-4H3. The van der Waals surface area contributed by atoms with E-state index in [1.165, 1.54) is 15.6 Å². The molecule has 0 amide bonds. The lowest BCUT2D eigenvalue weighted by Gasteiger charge is -2.23. The maximum Gasteiger partial charge on any atom is 0.243 e. The summed E-state index contributed by atoms with van der Waals surface area (Å²) in [5, 5.41) is 4.75. The molecule has 0 saturated carbocycles. The van der Waals surface area contributed by atoms with E-state index in [-0.39, 0.29) is 6.04 Å². The summed E-state index contributed by atoms with van der Waals surface area (Å²) >= 11 is 3.21. The maximum absolute atomic E-state index is 12.5. The van der Waals surface area contributed by atoms with Crippen LogP contribution in [0, 0.1) is 0 Å². The van der Waals surface area contributed by atoms with Crippen molar-refractivity contribution in [1.29, 1.82) is 0 Å². The zero-order chi connectivity index (χ0) is 14.5. The monoisotopic (exact) mass is 322 g/mol. The molecule has 0 spiro atoms. The van der Waals surface area contributed by atoms with Gasteiger partial charge in [0.2, 0.25) is 10.0 Å². The van der Waals surface area contributed by atoms with Gasteiger partial charge in [-0.2, -0.15) is 16.1 Å². The Bertz CT molecular complexity index is 485. The molecule has 1 atom stereocenters. The molecule has 0 aliphatic carbocycles. The molecule has 1 aromatic heterocycles. The largest absolute Gasteiger partial charge is 0.315 e. The number of rotatable bonds is 8. The fourth-order valence-electron chi connectivity index (χ4n) is 1.64. The van der Waals surface area contributed by atoms with Crippen LogP contribution < -0.4 is 5.32 Å². The highest BCUT2D eigenvalue weighted by atomic mass is 32.2. The Kier molecular flexibility index (Phi) is 6.82. The first-order chi connectivity index (χ1) is 8.93. The first-order valence-electron chi connectivity index (χ1n) is 6.12. The van der Waals surface area contributed by atoms with E-state index in [2.05, 4.69) is 5.32 Å². The van der Waals surface area contributed by atoms with Gasteiger partial charge in [0, 0.05) is 29.9 Å². The van der Waals surface area contributed by atoms with Crippen molar-refractivity contribution in [1.82, 2.24) is 9.62 Å². The van der Waals surface area contributed by atoms with Crippen LogP contribution in [0.2, 0.25) is 0 Å². The number of hydrogen-bond acceptors (Lipinski definition) is 5. The average Bonchev–Trinajstić information content (AvgIpc) is 2.84. The zero-order valence-corrected chi connectivity index (χ0v) is 14.3. The first-order valence-corrected chi connectivity index (χ1v) is 9.83. The third-order valence-electron chi connectivity index (χ3n) is 3.02. The Morgan fingerprint density at radius 1 is 1.53 bits per heavy atom. The third kappa shape index (κ3) is 4.46. The quantitative estimate of drug-likeness (QED) is 0.797. The second-order valence-corrected chi connectivity index (χ2v) is 8.41. The summed E-state index contributed by atoms with van der Waals surface area (Å²) in [6, 6.07) is 1.78. The maximum atomic E-state index is 12.5. The summed E-state index contributed by atoms with van der Waals surface area (Å²) in [4.78, 5) is 1.44. The van der Waals surface area contributed by atoms with Crippen molar-refractivity contribution in [2.75, 3.05) is 26.1 Å². The Morgan fingerprint density at radius 3 is 2.79 bits per heavy atom. The topological polar surface area (TPSA) is 49.4 Å². The highest BCUT2D eigenvalue weighted by Crippen LogP contribution is 2.24. The number of thioether (sulfide) groups is 1. The molecule has 0 aliphatic rings. The van der Waals surface area contributed by atoms with Gasteiger partial charge in [0.15, 0.2) is 0 Å². The molecule has 0 fully saturated rings. The SMILES string of the molecule is CNCc1cc(S(=O)(=O)N(C)C(C)CCSC)cs1. The lowest BCUT2D eigenvalue weighted by atomic mass is 10.3. The zero-order valence-electron chi connectivity index (χ0n) is 11.8. The van der Waals surface area contributed by atoms with Crippen LogP contribution in [0.4, 0.5) is 0 Å². The molecular weight excluding hydrogens is 300 g/mol. The summed E-state index contributed by atoms with van der Waals surface area (Å²) in [6.45, 7) is 2.65. The molecule has 1 N–H and O–H groups in total. The third-order valence-corrected chi connectivity index (χ3v) is 6.70. The van der Waals surface area contributed by atoms with Crippen molar-refractivity contribution >= 4 is 33.1 Å². The molecule has 0 radical (unpaired) electrons. The molecular formula is C12H22N2O2S3. The van der Waals surface area contributed by atoms with E-state index in [4.69, 9.17) is 0 Å². The Morgan fingerprint density at radius 2 is 2.21 bits per heavy atom. The van der Waals surface area contributed by atoms with Crippen molar-refractivity contribution < 1.29 is 8.42 Å². The smallest absolute Gasteiger partial charge is 0.243 e. The number of nitrogens with one attached hydrogen (secondary N) is 1. The molecule has 0 aliphatic heterocycles. The summed E-state index contributed by atoms with van der Waals surface area (Å²) in [5.41, 5.74) is 0. The van der Waals surface area contributed by atoms with E-state index in [0.717, 1.165) is 17.1 Å².